The van der Waals surface area contributed by atoms with Crippen LogP contribution >= 0.6 is 0 Å². The predicted octanol–water partition coefficient (Wildman–Crippen LogP) is 2.25. The van der Waals surface area contributed by atoms with Crippen molar-refractivity contribution in [2.45, 2.75) is 32.6 Å². The van der Waals surface area contributed by atoms with Gasteiger partial charge in [0.05, 0.1) is 0 Å². The Hall–Kier alpha value is -1.81. The third-order valence-electron chi connectivity index (χ3n) is 2.40. The molecule has 1 aromatic carbocycles. The molecule has 2 N–H and O–H groups in total. The van der Waals surface area contributed by atoms with Crippen molar-refractivity contribution in [1.82, 2.24) is 0 Å². The van der Waals surface area contributed by atoms with Crippen LogP contribution in [0.2, 0.25) is 0 Å². The third-order valence-corrected chi connectivity index (χ3v) is 2.40. The van der Waals surface area contributed by atoms with Crippen molar-refractivity contribution in [3.63, 3.8) is 0 Å². The van der Waals surface area contributed by atoms with Gasteiger partial charge in [0.25, 0.3) is 0 Å². The average Bonchev–Trinajstić information content (AvgIpc) is 2.29. The van der Waals surface area contributed by atoms with E-state index >= 15 is 0 Å². The smallest absolute Gasteiger partial charge is 0.333 e. The Morgan fingerprint density at radius 3 is 2.39 bits per heavy atom. The number of ether oxygens (including phenoxy) is 2. The standard InChI is InChI=1S/C14H19NO3/c1-10(2)12(16)18-14(3,4)13(15)17-11-8-6-5-7-9-11/h5-9,13H,1,15H2,2-4H3. The van der Waals surface area contributed by atoms with E-state index in [4.69, 9.17) is 15.2 Å². The zero-order valence-electron chi connectivity index (χ0n) is 11.0. The Balaban J connectivity index is 2.67. The molecule has 1 rings (SSSR count). The van der Waals surface area contributed by atoms with Crippen molar-refractivity contribution < 1.29 is 14.3 Å². The summed E-state index contributed by atoms with van der Waals surface area (Å²) >= 11 is 0. The van der Waals surface area contributed by atoms with Gasteiger partial charge in [-0.25, -0.2) is 4.79 Å². The first-order valence-corrected chi connectivity index (χ1v) is 5.69. The first-order valence-electron chi connectivity index (χ1n) is 5.69. The summed E-state index contributed by atoms with van der Waals surface area (Å²) in [5, 5.41) is 0. The predicted molar refractivity (Wildman–Crippen MR) is 70.0 cm³/mol. The van der Waals surface area contributed by atoms with Gasteiger partial charge in [0.1, 0.15) is 5.75 Å². The summed E-state index contributed by atoms with van der Waals surface area (Å²) in [6.45, 7) is 8.50. The van der Waals surface area contributed by atoms with Crippen LogP contribution in [0.3, 0.4) is 0 Å². The molecule has 0 spiro atoms. The fraction of sp³-hybridized carbons (Fsp3) is 0.357. The Kier molecular flexibility index (Phi) is 4.50. The zero-order chi connectivity index (χ0) is 13.8. The second kappa shape index (κ2) is 5.69. The van der Waals surface area contributed by atoms with Crippen LogP contribution < -0.4 is 10.5 Å². The summed E-state index contributed by atoms with van der Waals surface area (Å²) < 4.78 is 10.8. The number of benzene rings is 1. The molecule has 1 atom stereocenters. The fourth-order valence-corrected chi connectivity index (χ4v) is 1.17. The Labute approximate surface area is 107 Å². The Morgan fingerprint density at radius 1 is 1.33 bits per heavy atom. The lowest BCUT2D eigenvalue weighted by Crippen LogP contribution is -2.50. The van der Waals surface area contributed by atoms with Gasteiger partial charge >= 0.3 is 5.97 Å². The minimum absolute atomic E-state index is 0.329. The van der Waals surface area contributed by atoms with Crippen LogP contribution in [-0.4, -0.2) is 17.8 Å². The molecule has 0 heterocycles. The zero-order valence-corrected chi connectivity index (χ0v) is 11.0. The van der Waals surface area contributed by atoms with E-state index in [0.717, 1.165) is 0 Å². The van der Waals surface area contributed by atoms with Crippen molar-refractivity contribution in [1.29, 1.82) is 0 Å². The van der Waals surface area contributed by atoms with E-state index < -0.39 is 17.8 Å². The van der Waals surface area contributed by atoms with Gasteiger partial charge in [-0.2, -0.15) is 0 Å². The monoisotopic (exact) mass is 249 g/mol. The number of rotatable bonds is 5. The van der Waals surface area contributed by atoms with E-state index in [1.54, 1.807) is 32.9 Å². The second-order valence-electron chi connectivity index (χ2n) is 4.62. The Morgan fingerprint density at radius 2 is 1.89 bits per heavy atom. The van der Waals surface area contributed by atoms with Crippen molar-refractivity contribution in [3.8, 4) is 5.75 Å². The minimum Gasteiger partial charge on any atom is -0.471 e. The fourth-order valence-electron chi connectivity index (χ4n) is 1.17. The maximum absolute atomic E-state index is 11.5. The van der Waals surface area contributed by atoms with Gasteiger partial charge in [-0.1, -0.05) is 24.8 Å². The van der Waals surface area contributed by atoms with E-state index in [0.29, 0.717) is 11.3 Å². The lowest BCUT2D eigenvalue weighted by atomic mass is 10.1. The van der Waals surface area contributed by atoms with Crippen LogP contribution in [0.15, 0.2) is 42.5 Å². The highest BCUT2D eigenvalue weighted by atomic mass is 16.6. The molecule has 0 amide bonds. The molecule has 98 valence electrons. The van der Waals surface area contributed by atoms with Crippen molar-refractivity contribution in [2.75, 3.05) is 0 Å². The molecule has 1 unspecified atom stereocenters. The summed E-state index contributed by atoms with van der Waals surface area (Å²) in [6, 6.07) is 9.14. The van der Waals surface area contributed by atoms with Crippen LogP contribution in [0.5, 0.6) is 5.75 Å². The molecule has 0 saturated carbocycles. The first kappa shape index (κ1) is 14.3. The van der Waals surface area contributed by atoms with Crippen LogP contribution in [-0.2, 0) is 9.53 Å². The molecule has 18 heavy (non-hydrogen) atoms. The highest BCUT2D eigenvalue weighted by Gasteiger charge is 2.32. The maximum Gasteiger partial charge on any atom is 0.333 e. The molecule has 0 aromatic heterocycles. The Bertz CT molecular complexity index is 426. The summed E-state index contributed by atoms with van der Waals surface area (Å²) in [7, 11) is 0. The summed E-state index contributed by atoms with van der Waals surface area (Å²) in [4.78, 5) is 11.5. The largest absolute Gasteiger partial charge is 0.471 e. The van der Waals surface area contributed by atoms with Crippen LogP contribution in [0, 0.1) is 0 Å². The van der Waals surface area contributed by atoms with Crippen molar-refractivity contribution in [3.05, 3.63) is 42.5 Å². The number of esters is 1. The quantitative estimate of drug-likeness (QED) is 0.494. The van der Waals surface area contributed by atoms with E-state index in [9.17, 15) is 4.79 Å². The molecular formula is C14H19NO3. The van der Waals surface area contributed by atoms with Crippen LogP contribution in [0.4, 0.5) is 0 Å². The summed E-state index contributed by atoms with van der Waals surface area (Å²) in [5.74, 6) is 0.150. The molecule has 0 aliphatic rings. The molecule has 0 aliphatic carbocycles. The third kappa shape index (κ3) is 3.89. The van der Waals surface area contributed by atoms with Gasteiger partial charge < -0.3 is 9.47 Å². The number of carbonyl (C=O) groups excluding carboxylic acids is 1. The molecule has 0 aliphatic heterocycles. The highest BCUT2D eigenvalue weighted by molar-refractivity contribution is 5.87. The van der Waals surface area contributed by atoms with E-state index in [-0.39, 0.29) is 0 Å². The van der Waals surface area contributed by atoms with Crippen molar-refractivity contribution >= 4 is 5.97 Å². The van der Waals surface area contributed by atoms with E-state index in [2.05, 4.69) is 6.58 Å². The lowest BCUT2D eigenvalue weighted by Gasteiger charge is -2.31. The first-order chi connectivity index (χ1) is 8.33. The van der Waals surface area contributed by atoms with Gasteiger partial charge in [0, 0.05) is 5.57 Å². The topological polar surface area (TPSA) is 61.5 Å². The van der Waals surface area contributed by atoms with Crippen molar-refractivity contribution in [2.24, 2.45) is 5.73 Å². The SMILES string of the molecule is C=C(C)C(=O)OC(C)(C)C(N)Oc1ccccc1. The molecule has 0 radical (unpaired) electrons. The van der Waals surface area contributed by atoms with Crippen LogP contribution in [0.1, 0.15) is 20.8 Å². The number of nitrogens with two attached hydrogens (primary N) is 1. The van der Waals surface area contributed by atoms with Crippen LogP contribution in [0.25, 0.3) is 0 Å². The molecule has 4 heteroatoms. The van der Waals surface area contributed by atoms with Gasteiger partial charge in [-0.15, -0.1) is 0 Å². The molecule has 0 fully saturated rings. The maximum atomic E-state index is 11.5. The normalized spacial score (nSPS) is 12.7. The molecule has 1 aromatic rings. The molecule has 4 nitrogen and oxygen atoms in total. The van der Waals surface area contributed by atoms with Gasteiger partial charge in [0.15, 0.2) is 11.8 Å². The second-order valence-corrected chi connectivity index (χ2v) is 4.62. The molecular weight excluding hydrogens is 230 g/mol. The number of hydrogen-bond acceptors (Lipinski definition) is 4. The summed E-state index contributed by atoms with van der Waals surface area (Å²) in [5.41, 5.74) is 5.29. The number of hydrogen-bond donors (Lipinski definition) is 1. The number of carbonyl (C=O) groups is 1. The van der Waals surface area contributed by atoms with E-state index in [1.165, 1.54) is 0 Å². The van der Waals surface area contributed by atoms with Gasteiger partial charge in [-0.05, 0) is 32.9 Å². The number of para-hydroxylation sites is 1. The van der Waals surface area contributed by atoms with Gasteiger partial charge in [0.2, 0.25) is 0 Å². The van der Waals surface area contributed by atoms with Gasteiger partial charge in [-0.3, -0.25) is 5.73 Å². The molecule has 0 saturated heterocycles. The average molecular weight is 249 g/mol. The minimum atomic E-state index is -0.939. The highest BCUT2D eigenvalue weighted by Crippen LogP contribution is 2.19. The molecule has 0 bridgehead atoms. The summed E-state index contributed by atoms with van der Waals surface area (Å²) in [6.07, 6.45) is -0.761. The van der Waals surface area contributed by atoms with E-state index in [1.807, 2.05) is 18.2 Å². The lowest BCUT2D eigenvalue weighted by molar-refractivity contribution is -0.160.